The van der Waals surface area contributed by atoms with Crippen molar-refractivity contribution in [1.82, 2.24) is 9.97 Å². The summed E-state index contributed by atoms with van der Waals surface area (Å²) in [7, 11) is 0. The third-order valence-electron chi connectivity index (χ3n) is 6.85. The average Bonchev–Trinajstić information content (AvgIpc) is 3.24. The SMILES string of the molecule is Cc1nc2ccccc2c(-c2ccc3c4c(ccnc24)C2C3[C@@H]2C)c1CC(=O)O. The minimum absolute atomic E-state index is 0.0514. The third-order valence-corrected chi connectivity index (χ3v) is 6.85. The lowest BCUT2D eigenvalue weighted by atomic mass is 9.89. The molecule has 6 rings (SSSR count). The van der Waals surface area contributed by atoms with E-state index in [0.717, 1.165) is 38.8 Å². The number of aromatic nitrogens is 2. The van der Waals surface area contributed by atoms with Gasteiger partial charge in [0.2, 0.25) is 0 Å². The number of carboxylic acids is 1. The predicted octanol–water partition coefficient (Wildman–Crippen LogP) is 5.22. The summed E-state index contributed by atoms with van der Waals surface area (Å²) in [5.41, 5.74) is 8.18. The molecule has 4 heteroatoms. The highest BCUT2D eigenvalue weighted by Crippen LogP contribution is 2.67. The van der Waals surface area contributed by atoms with Gasteiger partial charge in [-0.1, -0.05) is 37.3 Å². The number of benzene rings is 2. The van der Waals surface area contributed by atoms with Gasteiger partial charge >= 0.3 is 5.97 Å². The second kappa shape index (κ2) is 5.63. The lowest BCUT2D eigenvalue weighted by Gasteiger charge is -2.17. The molecule has 2 aliphatic rings. The van der Waals surface area contributed by atoms with Crippen molar-refractivity contribution < 1.29 is 9.90 Å². The normalized spacial score (nSPS) is 21.5. The molecule has 1 saturated carbocycles. The van der Waals surface area contributed by atoms with Gasteiger partial charge in [-0.2, -0.15) is 0 Å². The Kier molecular flexibility index (Phi) is 3.24. The van der Waals surface area contributed by atoms with Crippen LogP contribution in [0.3, 0.4) is 0 Å². The fourth-order valence-corrected chi connectivity index (χ4v) is 5.54. The van der Waals surface area contributed by atoms with E-state index in [-0.39, 0.29) is 6.42 Å². The van der Waals surface area contributed by atoms with Crippen molar-refractivity contribution in [2.75, 3.05) is 0 Å². The van der Waals surface area contributed by atoms with E-state index in [1.54, 1.807) is 0 Å². The van der Waals surface area contributed by atoms with E-state index in [9.17, 15) is 9.90 Å². The second-order valence-corrected chi connectivity index (χ2v) is 8.38. The van der Waals surface area contributed by atoms with Crippen LogP contribution in [-0.4, -0.2) is 21.0 Å². The molecule has 0 aliphatic heterocycles. The molecule has 4 aromatic rings. The van der Waals surface area contributed by atoms with Gasteiger partial charge in [0, 0.05) is 28.2 Å². The van der Waals surface area contributed by atoms with Gasteiger partial charge in [-0.3, -0.25) is 14.8 Å². The molecule has 4 nitrogen and oxygen atoms in total. The van der Waals surface area contributed by atoms with Crippen LogP contribution in [0, 0.1) is 12.8 Å². The van der Waals surface area contributed by atoms with E-state index in [1.807, 2.05) is 37.4 Å². The molecular weight excluding hydrogens is 360 g/mol. The van der Waals surface area contributed by atoms with Crippen LogP contribution in [0.25, 0.3) is 32.9 Å². The van der Waals surface area contributed by atoms with Crippen molar-refractivity contribution in [2.24, 2.45) is 5.92 Å². The number of aryl methyl sites for hydroxylation is 1. The average molecular weight is 380 g/mol. The summed E-state index contributed by atoms with van der Waals surface area (Å²) in [4.78, 5) is 21.1. The monoisotopic (exact) mass is 380 g/mol. The molecule has 2 aromatic carbocycles. The minimum atomic E-state index is -0.847. The number of carboxylic acid groups (broad SMARTS) is 1. The van der Waals surface area contributed by atoms with Gasteiger partial charge in [0.15, 0.2) is 0 Å². The van der Waals surface area contributed by atoms with Gasteiger partial charge < -0.3 is 5.11 Å². The Morgan fingerprint density at radius 3 is 2.62 bits per heavy atom. The zero-order valence-corrected chi connectivity index (χ0v) is 16.3. The van der Waals surface area contributed by atoms with Gasteiger partial charge in [0.05, 0.1) is 17.5 Å². The fraction of sp³-hybridized carbons (Fsp3) is 0.240. The first kappa shape index (κ1) is 16.7. The van der Waals surface area contributed by atoms with E-state index < -0.39 is 5.97 Å². The predicted molar refractivity (Wildman–Crippen MR) is 113 cm³/mol. The number of rotatable bonds is 3. The number of carbonyl (C=O) groups is 1. The van der Waals surface area contributed by atoms with Crippen molar-refractivity contribution in [3.05, 3.63) is 71.0 Å². The largest absolute Gasteiger partial charge is 0.481 e. The van der Waals surface area contributed by atoms with Crippen LogP contribution in [0.5, 0.6) is 0 Å². The van der Waals surface area contributed by atoms with Crippen LogP contribution in [0.4, 0.5) is 0 Å². The van der Waals surface area contributed by atoms with E-state index in [4.69, 9.17) is 4.98 Å². The van der Waals surface area contributed by atoms with Gasteiger partial charge in [-0.15, -0.1) is 0 Å². The van der Waals surface area contributed by atoms with E-state index in [1.165, 1.54) is 16.5 Å². The van der Waals surface area contributed by atoms with Crippen molar-refractivity contribution in [2.45, 2.75) is 32.1 Å². The fourth-order valence-electron chi connectivity index (χ4n) is 5.54. The Morgan fingerprint density at radius 1 is 1.07 bits per heavy atom. The summed E-state index contributed by atoms with van der Waals surface area (Å²) in [6, 6.07) is 14.5. The molecule has 3 atom stereocenters. The molecule has 1 fully saturated rings. The number of nitrogens with zero attached hydrogens (tertiary/aromatic N) is 2. The Bertz CT molecular complexity index is 1340. The summed E-state index contributed by atoms with van der Waals surface area (Å²) < 4.78 is 0. The molecule has 142 valence electrons. The molecular formula is C25H20N2O2. The number of aliphatic carboxylic acids is 1. The van der Waals surface area contributed by atoms with Crippen molar-refractivity contribution in [3.63, 3.8) is 0 Å². The van der Waals surface area contributed by atoms with Gasteiger partial charge in [0.1, 0.15) is 0 Å². The number of hydrogen-bond donors (Lipinski definition) is 1. The number of para-hydroxylation sites is 1. The zero-order chi connectivity index (χ0) is 19.9. The Balaban J connectivity index is 1.72. The quantitative estimate of drug-likeness (QED) is 0.529. The highest BCUT2D eigenvalue weighted by Gasteiger charge is 2.54. The molecule has 0 spiro atoms. The van der Waals surface area contributed by atoms with Gasteiger partial charge in [-0.05, 0) is 59.1 Å². The molecule has 2 unspecified atom stereocenters. The zero-order valence-electron chi connectivity index (χ0n) is 16.3. The molecule has 0 radical (unpaired) electrons. The molecule has 29 heavy (non-hydrogen) atoms. The minimum Gasteiger partial charge on any atom is -0.481 e. The highest BCUT2D eigenvalue weighted by molar-refractivity contribution is 6.07. The smallest absolute Gasteiger partial charge is 0.307 e. The van der Waals surface area contributed by atoms with Crippen LogP contribution >= 0.6 is 0 Å². The molecule has 0 amide bonds. The number of fused-ring (bicyclic) bond motifs is 4. The van der Waals surface area contributed by atoms with E-state index in [0.29, 0.717) is 17.8 Å². The second-order valence-electron chi connectivity index (χ2n) is 8.38. The van der Waals surface area contributed by atoms with Crippen LogP contribution < -0.4 is 0 Å². The van der Waals surface area contributed by atoms with Gasteiger partial charge in [-0.25, -0.2) is 0 Å². The number of pyridine rings is 2. The molecule has 0 saturated heterocycles. The standard InChI is InChI=1S/C25H20N2O2/c1-12-21-15-7-8-17(25-24(15)16(22(12)21)9-10-26-25)23-14-5-3-4-6-19(14)27-13(2)18(23)11-20(28)29/h3-10,12,21-22H,11H2,1-2H3,(H,28,29)/t12-,21?,22?/m0/s1. The summed E-state index contributed by atoms with van der Waals surface area (Å²) in [6.45, 7) is 4.22. The van der Waals surface area contributed by atoms with E-state index in [2.05, 4.69) is 30.1 Å². The first-order valence-corrected chi connectivity index (χ1v) is 10.1. The van der Waals surface area contributed by atoms with Crippen molar-refractivity contribution in [1.29, 1.82) is 0 Å². The van der Waals surface area contributed by atoms with Crippen LogP contribution in [-0.2, 0) is 11.2 Å². The van der Waals surface area contributed by atoms with E-state index >= 15 is 0 Å². The Labute approximate surface area is 168 Å². The topological polar surface area (TPSA) is 63.1 Å². The first-order valence-electron chi connectivity index (χ1n) is 10.1. The molecule has 2 heterocycles. The Hall–Kier alpha value is -3.27. The lowest BCUT2D eigenvalue weighted by Crippen LogP contribution is -2.07. The molecule has 1 N–H and O–H groups in total. The highest BCUT2D eigenvalue weighted by atomic mass is 16.4. The van der Waals surface area contributed by atoms with Crippen molar-refractivity contribution in [3.8, 4) is 11.1 Å². The third kappa shape index (κ3) is 2.17. The maximum Gasteiger partial charge on any atom is 0.307 e. The first-order chi connectivity index (χ1) is 14.1. The Morgan fingerprint density at radius 2 is 1.83 bits per heavy atom. The molecule has 0 bridgehead atoms. The van der Waals surface area contributed by atoms with Crippen molar-refractivity contribution >= 4 is 27.8 Å². The lowest BCUT2D eigenvalue weighted by molar-refractivity contribution is -0.136. The van der Waals surface area contributed by atoms with Crippen LogP contribution in [0.15, 0.2) is 48.7 Å². The maximum atomic E-state index is 11.7. The summed E-state index contributed by atoms with van der Waals surface area (Å²) in [5, 5.41) is 11.8. The maximum absolute atomic E-state index is 11.7. The molecule has 2 aromatic heterocycles. The number of hydrogen-bond acceptors (Lipinski definition) is 3. The summed E-state index contributed by atoms with van der Waals surface area (Å²) >= 11 is 0. The summed E-state index contributed by atoms with van der Waals surface area (Å²) in [5.74, 6) is 1.08. The molecule has 2 aliphatic carbocycles. The van der Waals surface area contributed by atoms with Crippen LogP contribution in [0.1, 0.15) is 41.1 Å². The van der Waals surface area contributed by atoms with Gasteiger partial charge in [0.25, 0.3) is 0 Å². The summed E-state index contributed by atoms with van der Waals surface area (Å²) in [6.07, 6.45) is 1.86. The van der Waals surface area contributed by atoms with Crippen LogP contribution in [0.2, 0.25) is 0 Å².